The highest BCUT2D eigenvalue weighted by atomic mass is 16.5. The fourth-order valence-electron chi connectivity index (χ4n) is 3.48. The Labute approximate surface area is 202 Å². The number of rotatable bonds is 10. The molecule has 0 bridgehead atoms. The molecule has 0 radical (unpaired) electrons. The maximum absolute atomic E-state index is 12.3. The molecule has 184 valence electrons. The van der Waals surface area contributed by atoms with Gasteiger partial charge >= 0.3 is 11.7 Å². The van der Waals surface area contributed by atoms with Crippen molar-refractivity contribution in [1.82, 2.24) is 9.55 Å². The van der Waals surface area contributed by atoms with Gasteiger partial charge in [0.25, 0.3) is 0 Å². The molecule has 0 atom stereocenters. The number of carbonyl (C=O) groups is 1. The topological polar surface area (TPSA) is 84.3 Å². The Bertz CT molecular complexity index is 1090. The van der Waals surface area contributed by atoms with E-state index in [1.54, 1.807) is 16.7 Å². The molecule has 0 aliphatic rings. The third-order valence-corrected chi connectivity index (χ3v) is 5.56. The summed E-state index contributed by atoms with van der Waals surface area (Å²) in [5.41, 5.74) is 3.11. The van der Waals surface area contributed by atoms with Crippen LogP contribution in [-0.2, 0) is 24.2 Å². The van der Waals surface area contributed by atoms with Gasteiger partial charge in [0, 0.05) is 11.9 Å². The first-order valence-electron chi connectivity index (χ1n) is 12.0. The number of aryl methyl sites for hydroxylation is 2. The highest BCUT2D eigenvalue weighted by Gasteiger charge is 2.29. The molecule has 3 aromatic rings. The lowest BCUT2D eigenvalue weighted by atomic mass is 10.0. The Morgan fingerprint density at radius 2 is 1.59 bits per heavy atom. The second-order valence-electron chi connectivity index (χ2n) is 9.02. The molecule has 6 nitrogen and oxygen atoms in total. The molecule has 0 fully saturated rings. The van der Waals surface area contributed by atoms with Gasteiger partial charge in [-0.15, -0.1) is 0 Å². The van der Waals surface area contributed by atoms with E-state index in [1.807, 2.05) is 32.2 Å². The van der Waals surface area contributed by atoms with E-state index < -0.39 is 11.6 Å². The normalized spacial score (nSPS) is 11.1. The van der Waals surface area contributed by atoms with Crippen LogP contribution < -0.4 is 10.4 Å². The first-order chi connectivity index (χ1) is 16.1. The summed E-state index contributed by atoms with van der Waals surface area (Å²) in [6, 6.07) is 15.9. The SMILES string of the molecule is CC.CC(C)c1ccc(Cn2cc(CCCc3ccc(OC(C)(C)C(=O)O)cc3)[nH]c2=O)cc1. The van der Waals surface area contributed by atoms with Gasteiger partial charge in [-0.1, -0.05) is 64.1 Å². The van der Waals surface area contributed by atoms with Crippen LogP contribution in [0.2, 0.25) is 0 Å². The van der Waals surface area contributed by atoms with Gasteiger partial charge in [0.15, 0.2) is 5.60 Å². The zero-order valence-electron chi connectivity index (χ0n) is 21.2. The largest absolute Gasteiger partial charge is 0.478 e. The molecule has 3 rings (SSSR count). The van der Waals surface area contributed by atoms with Gasteiger partial charge in [0.1, 0.15) is 5.75 Å². The summed E-state index contributed by atoms with van der Waals surface area (Å²) in [6.45, 7) is 11.9. The van der Waals surface area contributed by atoms with E-state index in [4.69, 9.17) is 9.84 Å². The summed E-state index contributed by atoms with van der Waals surface area (Å²) in [5.74, 6) is 0.0185. The Morgan fingerprint density at radius 1 is 1.00 bits per heavy atom. The van der Waals surface area contributed by atoms with E-state index >= 15 is 0 Å². The number of aromatic nitrogens is 2. The van der Waals surface area contributed by atoms with Crippen molar-refractivity contribution in [1.29, 1.82) is 0 Å². The summed E-state index contributed by atoms with van der Waals surface area (Å²) in [7, 11) is 0. The van der Waals surface area contributed by atoms with Crippen molar-refractivity contribution in [2.75, 3.05) is 0 Å². The number of H-pyrrole nitrogens is 1. The second-order valence-corrected chi connectivity index (χ2v) is 9.02. The third kappa shape index (κ3) is 7.65. The molecule has 1 heterocycles. The predicted octanol–water partition coefficient (Wildman–Crippen LogP) is 5.79. The molecule has 0 spiro atoms. The van der Waals surface area contributed by atoms with Crippen molar-refractivity contribution in [2.45, 2.75) is 78.9 Å². The Hall–Kier alpha value is -3.28. The molecule has 0 saturated carbocycles. The number of hydrogen-bond acceptors (Lipinski definition) is 3. The van der Waals surface area contributed by atoms with Crippen molar-refractivity contribution in [3.8, 4) is 5.75 Å². The van der Waals surface area contributed by atoms with E-state index in [0.29, 0.717) is 18.2 Å². The van der Waals surface area contributed by atoms with Crippen LogP contribution >= 0.6 is 0 Å². The monoisotopic (exact) mass is 466 g/mol. The number of aliphatic carboxylic acids is 1. The minimum absolute atomic E-state index is 0.0875. The molecule has 2 N–H and O–H groups in total. The molecule has 0 unspecified atom stereocenters. The summed E-state index contributed by atoms with van der Waals surface area (Å²) >= 11 is 0. The minimum Gasteiger partial charge on any atom is -0.478 e. The molecule has 6 heteroatoms. The fraction of sp³-hybridized carbons (Fsp3) is 0.429. The average molecular weight is 467 g/mol. The average Bonchev–Trinajstić information content (AvgIpc) is 3.15. The van der Waals surface area contributed by atoms with Crippen molar-refractivity contribution in [2.24, 2.45) is 0 Å². The lowest BCUT2D eigenvalue weighted by Gasteiger charge is -2.21. The first-order valence-corrected chi connectivity index (χ1v) is 12.0. The van der Waals surface area contributed by atoms with Gasteiger partial charge in [0.05, 0.1) is 6.54 Å². The zero-order valence-corrected chi connectivity index (χ0v) is 21.2. The van der Waals surface area contributed by atoms with E-state index in [9.17, 15) is 9.59 Å². The second kappa shape index (κ2) is 12.3. The zero-order chi connectivity index (χ0) is 25.3. The molecule has 0 aliphatic carbocycles. The van der Waals surface area contributed by atoms with Gasteiger partial charge in [-0.3, -0.25) is 4.57 Å². The van der Waals surface area contributed by atoms with Crippen LogP contribution in [0.3, 0.4) is 0 Å². The van der Waals surface area contributed by atoms with Gasteiger partial charge in [-0.05, 0) is 67.9 Å². The predicted molar refractivity (Wildman–Crippen MR) is 137 cm³/mol. The van der Waals surface area contributed by atoms with E-state index in [-0.39, 0.29) is 5.69 Å². The molecule has 1 aromatic heterocycles. The Morgan fingerprint density at radius 3 is 2.15 bits per heavy atom. The number of carboxylic acid groups (broad SMARTS) is 1. The lowest BCUT2D eigenvalue weighted by molar-refractivity contribution is -0.152. The summed E-state index contributed by atoms with van der Waals surface area (Å²) in [4.78, 5) is 26.4. The molecule has 0 amide bonds. The van der Waals surface area contributed by atoms with Crippen molar-refractivity contribution < 1.29 is 14.6 Å². The number of imidazole rings is 1. The fourth-order valence-corrected chi connectivity index (χ4v) is 3.48. The number of ether oxygens (including phenoxy) is 1. The van der Waals surface area contributed by atoms with E-state index in [0.717, 1.165) is 36.1 Å². The van der Waals surface area contributed by atoms with Crippen LogP contribution in [0.1, 0.15) is 76.3 Å². The van der Waals surface area contributed by atoms with Crippen molar-refractivity contribution in [3.05, 3.63) is 87.6 Å². The quantitative estimate of drug-likeness (QED) is 0.396. The van der Waals surface area contributed by atoms with Crippen LogP contribution in [0.5, 0.6) is 5.75 Å². The van der Waals surface area contributed by atoms with Gasteiger partial charge in [-0.25, -0.2) is 9.59 Å². The summed E-state index contributed by atoms with van der Waals surface area (Å²) in [5, 5.41) is 9.16. The number of aromatic amines is 1. The maximum atomic E-state index is 12.3. The van der Waals surface area contributed by atoms with Gasteiger partial charge < -0.3 is 14.8 Å². The Kier molecular flexibility index (Phi) is 9.72. The lowest BCUT2D eigenvalue weighted by Crippen LogP contribution is -2.37. The van der Waals surface area contributed by atoms with Crippen LogP contribution in [0.4, 0.5) is 0 Å². The molecule has 0 aliphatic heterocycles. The van der Waals surface area contributed by atoms with E-state index in [1.165, 1.54) is 19.4 Å². The number of hydrogen-bond donors (Lipinski definition) is 2. The molecular weight excluding hydrogens is 428 g/mol. The number of nitrogens with zero attached hydrogens (tertiary/aromatic N) is 1. The van der Waals surface area contributed by atoms with Crippen molar-refractivity contribution >= 4 is 5.97 Å². The van der Waals surface area contributed by atoms with Crippen molar-refractivity contribution in [3.63, 3.8) is 0 Å². The van der Waals surface area contributed by atoms with Crippen LogP contribution in [-0.4, -0.2) is 26.2 Å². The molecule has 0 saturated heterocycles. The smallest absolute Gasteiger partial charge is 0.347 e. The first kappa shape index (κ1) is 27.0. The standard InChI is InChI=1S/C26H32N2O4.C2H6/c1-18(2)21-12-8-20(9-13-21)16-28-17-22(27-25(28)31)7-5-6-19-10-14-23(15-11-19)32-26(3,4)24(29)30;1-2/h8-15,17-18H,5-7,16H2,1-4H3,(H,27,31)(H,29,30);1-2H3. The summed E-state index contributed by atoms with van der Waals surface area (Å²) in [6.07, 6.45) is 4.43. The van der Waals surface area contributed by atoms with Crippen LogP contribution in [0.15, 0.2) is 59.5 Å². The highest BCUT2D eigenvalue weighted by Crippen LogP contribution is 2.20. The number of benzene rings is 2. The molecule has 34 heavy (non-hydrogen) atoms. The molecular formula is C28H38N2O4. The number of carboxylic acids is 1. The van der Waals surface area contributed by atoms with Gasteiger partial charge in [-0.2, -0.15) is 0 Å². The van der Waals surface area contributed by atoms with Crippen LogP contribution in [0.25, 0.3) is 0 Å². The van der Waals surface area contributed by atoms with Crippen LogP contribution in [0, 0.1) is 0 Å². The third-order valence-electron chi connectivity index (χ3n) is 5.56. The highest BCUT2D eigenvalue weighted by molar-refractivity contribution is 5.76. The van der Waals surface area contributed by atoms with E-state index in [2.05, 4.69) is 43.1 Å². The summed E-state index contributed by atoms with van der Waals surface area (Å²) < 4.78 is 7.25. The molecule has 2 aromatic carbocycles. The van der Waals surface area contributed by atoms with Gasteiger partial charge in [0.2, 0.25) is 0 Å². The number of nitrogens with one attached hydrogen (secondary N) is 1. The maximum Gasteiger partial charge on any atom is 0.347 e. The minimum atomic E-state index is -1.27. The Balaban J connectivity index is 0.00000199.